The van der Waals surface area contributed by atoms with Crippen LogP contribution >= 0.6 is 15.9 Å². The van der Waals surface area contributed by atoms with Crippen LogP contribution in [0, 0.1) is 0 Å². The number of amides is 2. The molecule has 2 amide bonds. The number of nitrogens with one attached hydrogen (secondary N) is 1. The van der Waals surface area contributed by atoms with Gasteiger partial charge < -0.3 is 15.0 Å². The van der Waals surface area contributed by atoms with E-state index in [1.54, 1.807) is 32.4 Å². The molecule has 0 radical (unpaired) electrons. The van der Waals surface area contributed by atoms with Crippen molar-refractivity contribution >= 4 is 27.7 Å². The van der Waals surface area contributed by atoms with Crippen LogP contribution in [-0.2, 0) is 4.79 Å². The van der Waals surface area contributed by atoms with Crippen LogP contribution in [0.5, 0.6) is 5.75 Å². The minimum absolute atomic E-state index is 0.0136. The van der Waals surface area contributed by atoms with E-state index in [1.807, 2.05) is 20.8 Å². The number of ether oxygens (including phenoxy) is 1. The lowest BCUT2D eigenvalue weighted by Gasteiger charge is -2.23. The van der Waals surface area contributed by atoms with Gasteiger partial charge in [0.15, 0.2) is 0 Å². The summed E-state index contributed by atoms with van der Waals surface area (Å²) >= 11 is 3.34. The molecule has 0 spiro atoms. The number of carbonyl (C=O) groups is 2. The molecule has 0 saturated carbocycles. The molecule has 1 rings (SSSR count). The van der Waals surface area contributed by atoms with Crippen molar-refractivity contribution < 1.29 is 14.3 Å². The molecule has 0 bridgehead atoms. The van der Waals surface area contributed by atoms with Crippen molar-refractivity contribution in [1.29, 1.82) is 0 Å². The van der Waals surface area contributed by atoms with Crippen LogP contribution in [0.15, 0.2) is 22.7 Å². The predicted molar refractivity (Wildman–Crippen MR) is 85.6 cm³/mol. The van der Waals surface area contributed by atoms with Gasteiger partial charge in [-0.25, -0.2) is 0 Å². The Hall–Kier alpha value is -1.56. The second-order valence-electron chi connectivity index (χ2n) is 5.81. The van der Waals surface area contributed by atoms with Crippen molar-refractivity contribution in [3.63, 3.8) is 0 Å². The van der Waals surface area contributed by atoms with Gasteiger partial charge in [0.05, 0.1) is 18.1 Å². The molecule has 1 aromatic rings. The van der Waals surface area contributed by atoms with Gasteiger partial charge in [-0.05, 0) is 54.9 Å². The van der Waals surface area contributed by atoms with E-state index in [4.69, 9.17) is 4.74 Å². The van der Waals surface area contributed by atoms with E-state index in [-0.39, 0.29) is 23.9 Å². The summed E-state index contributed by atoms with van der Waals surface area (Å²) in [6.45, 7) is 5.70. The van der Waals surface area contributed by atoms with Crippen LogP contribution in [-0.4, -0.2) is 43.0 Å². The maximum Gasteiger partial charge on any atom is 0.254 e. The molecule has 21 heavy (non-hydrogen) atoms. The van der Waals surface area contributed by atoms with Gasteiger partial charge >= 0.3 is 0 Å². The smallest absolute Gasteiger partial charge is 0.254 e. The van der Waals surface area contributed by atoms with Gasteiger partial charge in [0.1, 0.15) is 5.75 Å². The summed E-state index contributed by atoms with van der Waals surface area (Å²) in [5.41, 5.74) is 0.179. The van der Waals surface area contributed by atoms with Crippen molar-refractivity contribution in [1.82, 2.24) is 10.2 Å². The summed E-state index contributed by atoms with van der Waals surface area (Å²) in [6, 6.07) is 5.06. The minimum Gasteiger partial charge on any atom is -0.496 e. The summed E-state index contributed by atoms with van der Waals surface area (Å²) in [5.74, 6) is 0.244. The number of benzene rings is 1. The number of halogens is 1. The number of carbonyl (C=O) groups excluding carboxylic acids is 2. The van der Waals surface area contributed by atoms with Crippen LogP contribution in [0.3, 0.4) is 0 Å². The third kappa shape index (κ3) is 5.38. The van der Waals surface area contributed by atoms with E-state index >= 15 is 0 Å². The Kier molecular flexibility index (Phi) is 5.78. The first-order chi connectivity index (χ1) is 9.64. The molecule has 116 valence electrons. The molecule has 0 aliphatic carbocycles. The molecule has 0 atom stereocenters. The molecular weight excluding hydrogens is 336 g/mol. The summed E-state index contributed by atoms with van der Waals surface area (Å²) in [7, 11) is 3.16. The molecule has 0 unspecified atom stereocenters. The number of hydrogen-bond acceptors (Lipinski definition) is 3. The second kappa shape index (κ2) is 6.93. The van der Waals surface area contributed by atoms with Crippen molar-refractivity contribution in [3.05, 3.63) is 28.2 Å². The topological polar surface area (TPSA) is 58.6 Å². The normalized spacial score (nSPS) is 11.0. The summed E-state index contributed by atoms with van der Waals surface area (Å²) in [4.78, 5) is 25.5. The number of likely N-dealkylation sites (N-methyl/N-ethyl adjacent to an activating group) is 1. The molecule has 0 fully saturated rings. The zero-order valence-electron chi connectivity index (χ0n) is 13.0. The summed E-state index contributed by atoms with van der Waals surface area (Å²) in [5, 5.41) is 2.82. The van der Waals surface area contributed by atoms with Crippen molar-refractivity contribution in [2.45, 2.75) is 26.3 Å². The SMILES string of the molecule is COc1ccc(C(=O)N(C)CC(=O)NC(C)(C)C)cc1Br. The lowest BCUT2D eigenvalue weighted by Crippen LogP contribution is -2.46. The Morgan fingerprint density at radius 3 is 2.43 bits per heavy atom. The van der Waals surface area contributed by atoms with Gasteiger partial charge in [-0.15, -0.1) is 0 Å². The molecular formula is C15H21BrN2O3. The van der Waals surface area contributed by atoms with Crippen molar-refractivity contribution in [3.8, 4) is 5.75 Å². The fourth-order valence-corrected chi connectivity index (χ4v) is 2.31. The highest BCUT2D eigenvalue weighted by Crippen LogP contribution is 2.25. The van der Waals surface area contributed by atoms with Gasteiger partial charge in [-0.2, -0.15) is 0 Å². The van der Waals surface area contributed by atoms with Crippen LogP contribution in [0.4, 0.5) is 0 Å². The van der Waals surface area contributed by atoms with Gasteiger partial charge in [0.25, 0.3) is 5.91 Å². The Balaban J connectivity index is 2.74. The van der Waals surface area contributed by atoms with E-state index in [2.05, 4.69) is 21.2 Å². The van der Waals surface area contributed by atoms with Crippen LogP contribution in [0.25, 0.3) is 0 Å². The average molecular weight is 357 g/mol. The fourth-order valence-electron chi connectivity index (χ4n) is 1.76. The first kappa shape index (κ1) is 17.5. The Bertz CT molecular complexity index is 538. The quantitative estimate of drug-likeness (QED) is 0.901. The van der Waals surface area contributed by atoms with Gasteiger partial charge in [-0.1, -0.05) is 0 Å². The van der Waals surface area contributed by atoms with E-state index in [1.165, 1.54) is 4.90 Å². The van der Waals surface area contributed by atoms with Crippen LogP contribution in [0.1, 0.15) is 31.1 Å². The minimum atomic E-state index is -0.315. The zero-order chi connectivity index (χ0) is 16.2. The predicted octanol–water partition coefficient (Wildman–Crippen LogP) is 2.44. The average Bonchev–Trinajstić information content (AvgIpc) is 2.35. The van der Waals surface area contributed by atoms with Gasteiger partial charge in [-0.3, -0.25) is 9.59 Å². The standard InChI is InChI=1S/C15H21BrN2O3/c1-15(2,3)17-13(19)9-18(4)14(20)10-6-7-12(21-5)11(16)8-10/h6-8H,9H2,1-5H3,(H,17,19). The summed E-state index contributed by atoms with van der Waals surface area (Å²) in [6.07, 6.45) is 0. The molecule has 5 nitrogen and oxygen atoms in total. The molecule has 0 saturated heterocycles. The molecule has 0 aliphatic rings. The Morgan fingerprint density at radius 1 is 1.33 bits per heavy atom. The highest BCUT2D eigenvalue weighted by Gasteiger charge is 2.19. The fraction of sp³-hybridized carbons (Fsp3) is 0.467. The Labute approximate surface area is 133 Å². The molecule has 1 N–H and O–H groups in total. The number of nitrogens with zero attached hydrogens (tertiary/aromatic N) is 1. The number of hydrogen-bond donors (Lipinski definition) is 1. The highest BCUT2D eigenvalue weighted by molar-refractivity contribution is 9.10. The number of methoxy groups -OCH3 is 1. The maximum atomic E-state index is 12.3. The van der Waals surface area contributed by atoms with E-state index in [0.717, 1.165) is 0 Å². The zero-order valence-corrected chi connectivity index (χ0v) is 14.6. The van der Waals surface area contributed by atoms with Gasteiger partial charge in [0, 0.05) is 18.2 Å². The maximum absolute atomic E-state index is 12.3. The van der Waals surface area contributed by atoms with Crippen molar-refractivity contribution in [2.24, 2.45) is 0 Å². The molecule has 0 aromatic heterocycles. The highest BCUT2D eigenvalue weighted by atomic mass is 79.9. The number of rotatable bonds is 4. The molecule has 6 heteroatoms. The molecule has 0 heterocycles. The largest absolute Gasteiger partial charge is 0.496 e. The third-order valence-corrected chi connectivity index (χ3v) is 3.26. The first-order valence-electron chi connectivity index (χ1n) is 6.54. The first-order valence-corrected chi connectivity index (χ1v) is 7.33. The van der Waals surface area contributed by atoms with E-state index in [0.29, 0.717) is 15.8 Å². The van der Waals surface area contributed by atoms with E-state index in [9.17, 15) is 9.59 Å². The monoisotopic (exact) mass is 356 g/mol. The third-order valence-electron chi connectivity index (χ3n) is 2.64. The second-order valence-corrected chi connectivity index (χ2v) is 6.66. The molecule has 1 aromatic carbocycles. The van der Waals surface area contributed by atoms with Crippen molar-refractivity contribution in [2.75, 3.05) is 20.7 Å². The summed E-state index contributed by atoms with van der Waals surface area (Å²) < 4.78 is 5.82. The van der Waals surface area contributed by atoms with Crippen LogP contribution in [0.2, 0.25) is 0 Å². The molecule has 0 aliphatic heterocycles. The lowest BCUT2D eigenvalue weighted by molar-refractivity contribution is -0.122. The van der Waals surface area contributed by atoms with Gasteiger partial charge in [0.2, 0.25) is 5.91 Å². The van der Waals surface area contributed by atoms with Crippen LogP contribution < -0.4 is 10.1 Å². The lowest BCUT2D eigenvalue weighted by atomic mass is 10.1. The van der Waals surface area contributed by atoms with E-state index < -0.39 is 0 Å². The Morgan fingerprint density at radius 2 is 1.95 bits per heavy atom.